The van der Waals surface area contributed by atoms with Crippen LogP contribution >= 0.6 is 0 Å². The Labute approximate surface area is 178 Å². The van der Waals surface area contributed by atoms with E-state index in [0.29, 0.717) is 19.3 Å². The first-order chi connectivity index (χ1) is 13.9. The van der Waals surface area contributed by atoms with Crippen LogP contribution in [0.4, 0.5) is 0 Å². The van der Waals surface area contributed by atoms with Crippen molar-refractivity contribution in [2.24, 2.45) is 34.5 Å². The smallest absolute Gasteiger partial charge is 0.303 e. The Hall–Kier alpha value is -1.53. The predicted molar refractivity (Wildman–Crippen MR) is 109 cm³/mol. The van der Waals surface area contributed by atoms with Crippen LogP contribution in [0.15, 0.2) is 11.6 Å². The van der Waals surface area contributed by atoms with Gasteiger partial charge in [-0.1, -0.05) is 26.3 Å². The molecule has 166 valence electrons. The van der Waals surface area contributed by atoms with E-state index in [1.54, 1.807) is 6.08 Å². The molecular formula is C24H34O6. The second-order valence-electron chi connectivity index (χ2n) is 10.7. The molecule has 0 amide bonds. The van der Waals surface area contributed by atoms with Crippen molar-refractivity contribution in [1.82, 2.24) is 0 Å². The molecule has 0 aromatic rings. The maximum Gasteiger partial charge on any atom is 0.303 e. The van der Waals surface area contributed by atoms with E-state index >= 15 is 0 Å². The molecule has 0 aromatic heterocycles. The SMILES string of the molecule is CC(=O)OCC(=O)[C@@]1(O)C(C)C[C@H]2[C@@H]3CCC4=CC(=O)CC[C@]4(C)[C@H]3C(O)C[C@@]21C. The fraction of sp³-hybridized carbons (Fsp3) is 0.792. The minimum Gasteiger partial charge on any atom is -0.458 e. The van der Waals surface area contributed by atoms with Crippen LogP contribution in [0.2, 0.25) is 0 Å². The summed E-state index contributed by atoms with van der Waals surface area (Å²) in [6.45, 7) is 6.83. The molecule has 8 atom stereocenters. The maximum absolute atomic E-state index is 13.1. The Balaban J connectivity index is 1.69. The predicted octanol–water partition coefficient (Wildman–Crippen LogP) is 2.60. The molecule has 30 heavy (non-hydrogen) atoms. The molecule has 0 bridgehead atoms. The summed E-state index contributed by atoms with van der Waals surface area (Å²) in [5.41, 5.74) is -1.44. The van der Waals surface area contributed by atoms with E-state index in [4.69, 9.17) is 4.74 Å². The normalized spacial score (nSPS) is 47.6. The molecule has 6 heteroatoms. The second kappa shape index (κ2) is 6.99. The lowest BCUT2D eigenvalue weighted by molar-refractivity contribution is -0.188. The van der Waals surface area contributed by atoms with Gasteiger partial charge in [0.25, 0.3) is 0 Å². The third-order valence-corrected chi connectivity index (χ3v) is 9.31. The van der Waals surface area contributed by atoms with Crippen LogP contribution in [-0.4, -0.2) is 46.1 Å². The van der Waals surface area contributed by atoms with Gasteiger partial charge in [0.05, 0.1) is 6.10 Å². The summed E-state index contributed by atoms with van der Waals surface area (Å²) in [6.07, 6.45) is 5.15. The number of Topliss-reactive ketones (excluding diaryl/α,β-unsaturated/α-hetero) is 1. The van der Waals surface area contributed by atoms with Crippen LogP contribution in [0.25, 0.3) is 0 Å². The number of allylic oxidation sites excluding steroid dienone is 1. The highest BCUT2D eigenvalue weighted by Gasteiger charge is 2.70. The van der Waals surface area contributed by atoms with E-state index in [1.165, 1.54) is 6.92 Å². The number of ether oxygens (including phenoxy) is 1. The van der Waals surface area contributed by atoms with Gasteiger partial charge in [0, 0.05) is 18.8 Å². The van der Waals surface area contributed by atoms with E-state index in [0.717, 1.165) is 24.8 Å². The fourth-order valence-electron chi connectivity index (χ4n) is 7.89. The number of carbonyl (C=O) groups excluding carboxylic acids is 3. The van der Waals surface area contributed by atoms with E-state index in [-0.39, 0.29) is 34.9 Å². The molecule has 0 saturated heterocycles. The number of carbonyl (C=O) groups is 3. The lowest BCUT2D eigenvalue weighted by Crippen LogP contribution is -2.63. The average Bonchev–Trinajstić information content (AvgIpc) is 2.87. The molecule has 3 saturated carbocycles. The van der Waals surface area contributed by atoms with Gasteiger partial charge in [-0.2, -0.15) is 0 Å². The number of hydrogen-bond donors (Lipinski definition) is 2. The first-order valence-corrected chi connectivity index (χ1v) is 11.3. The summed E-state index contributed by atoms with van der Waals surface area (Å²) in [5.74, 6) is -0.798. The molecule has 0 radical (unpaired) electrons. The Morgan fingerprint density at radius 3 is 2.63 bits per heavy atom. The standard InChI is InChI=1S/C24H34O6/c1-13-9-18-17-6-5-15-10-16(26)7-8-22(15,3)21(17)19(27)11-23(18,4)24(13,29)20(28)12-30-14(2)25/h10,13,17-19,21,27,29H,5-9,11-12H2,1-4H3/t13?,17-,18-,19?,21+,22-,23-,24-/m0/s1. The summed E-state index contributed by atoms with van der Waals surface area (Å²) < 4.78 is 4.93. The average molecular weight is 419 g/mol. The van der Waals surface area contributed by atoms with Gasteiger partial charge in [-0.3, -0.25) is 14.4 Å². The topological polar surface area (TPSA) is 101 Å². The molecule has 0 heterocycles. The fourth-order valence-corrected chi connectivity index (χ4v) is 7.89. The summed E-state index contributed by atoms with van der Waals surface area (Å²) >= 11 is 0. The number of aliphatic hydroxyl groups excluding tert-OH is 1. The number of fused-ring (bicyclic) bond motifs is 5. The van der Waals surface area contributed by atoms with Gasteiger partial charge >= 0.3 is 5.97 Å². The van der Waals surface area contributed by atoms with Gasteiger partial charge < -0.3 is 14.9 Å². The molecule has 4 aliphatic carbocycles. The number of aliphatic hydroxyl groups is 2. The highest BCUT2D eigenvalue weighted by molar-refractivity contribution is 5.92. The summed E-state index contributed by atoms with van der Waals surface area (Å²) in [6, 6.07) is 0. The van der Waals surface area contributed by atoms with Crippen molar-refractivity contribution in [2.45, 2.75) is 77.9 Å². The Bertz CT molecular complexity index is 817. The van der Waals surface area contributed by atoms with Gasteiger partial charge in [-0.15, -0.1) is 0 Å². The highest BCUT2D eigenvalue weighted by Crippen LogP contribution is 2.68. The Morgan fingerprint density at radius 2 is 1.97 bits per heavy atom. The minimum absolute atomic E-state index is 0.0294. The number of ketones is 2. The molecule has 0 aliphatic heterocycles. The van der Waals surface area contributed by atoms with Crippen LogP contribution < -0.4 is 0 Å². The molecule has 6 nitrogen and oxygen atoms in total. The molecule has 0 aromatic carbocycles. The van der Waals surface area contributed by atoms with Gasteiger partial charge in [0.1, 0.15) is 5.60 Å². The van der Waals surface area contributed by atoms with Crippen LogP contribution in [-0.2, 0) is 19.1 Å². The second-order valence-corrected chi connectivity index (χ2v) is 10.7. The molecule has 4 rings (SSSR count). The van der Waals surface area contributed by atoms with E-state index in [1.807, 2.05) is 13.8 Å². The van der Waals surface area contributed by atoms with Gasteiger partial charge in [0.2, 0.25) is 5.78 Å². The lowest BCUT2D eigenvalue weighted by atomic mass is 9.45. The zero-order chi connectivity index (χ0) is 22.1. The van der Waals surface area contributed by atoms with Crippen molar-refractivity contribution in [2.75, 3.05) is 6.61 Å². The van der Waals surface area contributed by atoms with Crippen molar-refractivity contribution in [3.05, 3.63) is 11.6 Å². The zero-order valence-corrected chi connectivity index (χ0v) is 18.4. The van der Waals surface area contributed by atoms with Crippen molar-refractivity contribution >= 4 is 17.5 Å². The lowest BCUT2D eigenvalue weighted by Gasteiger charge is -2.60. The molecule has 2 N–H and O–H groups in total. The zero-order valence-electron chi connectivity index (χ0n) is 18.4. The molecule has 3 fully saturated rings. The number of rotatable bonds is 3. The number of hydrogen-bond acceptors (Lipinski definition) is 6. The van der Waals surface area contributed by atoms with Crippen LogP contribution in [0.1, 0.15) is 66.2 Å². The summed E-state index contributed by atoms with van der Waals surface area (Å²) in [4.78, 5) is 36.3. The Kier molecular flexibility index (Phi) is 5.06. The minimum atomic E-state index is -1.63. The molecular weight excluding hydrogens is 384 g/mol. The highest BCUT2D eigenvalue weighted by atomic mass is 16.5. The maximum atomic E-state index is 13.1. The van der Waals surface area contributed by atoms with Crippen molar-refractivity contribution < 1.29 is 29.3 Å². The Morgan fingerprint density at radius 1 is 1.27 bits per heavy atom. The monoisotopic (exact) mass is 418 g/mol. The first-order valence-electron chi connectivity index (χ1n) is 11.3. The van der Waals surface area contributed by atoms with Crippen molar-refractivity contribution in [3.8, 4) is 0 Å². The van der Waals surface area contributed by atoms with Crippen LogP contribution in [0.5, 0.6) is 0 Å². The van der Waals surface area contributed by atoms with Crippen molar-refractivity contribution in [3.63, 3.8) is 0 Å². The molecule has 4 aliphatic rings. The van der Waals surface area contributed by atoms with Gasteiger partial charge in [-0.25, -0.2) is 0 Å². The van der Waals surface area contributed by atoms with Crippen LogP contribution in [0, 0.1) is 34.5 Å². The van der Waals surface area contributed by atoms with E-state index in [9.17, 15) is 24.6 Å². The molecule has 0 spiro atoms. The number of esters is 1. The molecule has 2 unspecified atom stereocenters. The third kappa shape index (κ3) is 2.79. The first kappa shape index (κ1) is 21.7. The van der Waals surface area contributed by atoms with E-state index in [2.05, 4.69) is 6.92 Å². The largest absolute Gasteiger partial charge is 0.458 e. The van der Waals surface area contributed by atoms with Crippen LogP contribution in [0.3, 0.4) is 0 Å². The quantitative estimate of drug-likeness (QED) is 0.683. The van der Waals surface area contributed by atoms with Gasteiger partial charge in [-0.05, 0) is 67.3 Å². The summed E-state index contributed by atoms with van der Waals surface area (Å²) in [7, 11) is 0. The van der Waals surface area contributed by atoms with Crippen molar-refractivity contribution in [1.29, 1.82) is 0 Å². The van der Waals surface area contributed by atoms with E-state index < -0.39 is 35.5 Å². The summed E-state index contributed by atoms with van der Waals surface area (Å²) in [5, 5.41) is 23.1. The third-order valence-electron chi connectivity index (χ3n) is 9.31. The van der Waals surface area contributed by atoms with Gasteiger partial charge in [0.15, 0.2) is 12.4 Å².